The first kappa shape index (κ1) is 16.6. The molecule has 0 aliphatic carbocycles. The van der Waals surface area contributed by atoms with Crippen LogP contribution in [-0.4, -0.2) is 38.2 Å². The molecule has 104 valence electrons. The molecule has 5 nitrogen and oxygen atoms in total. The van der Waals surface area contributed by atoms with Gasteiger partial charge in [0.2, 0.25) is 0 Å². The number of esters is 1. The molecule has 5 heteroatoms. The van der Waals surface area contributed by atoms with Gasteiger partial charge in [0.1, 0.15) is 18.8 Å². The first-order valence-electron chi connectivity index (χ1n) is 6.03. The third kappa shape index (κ3) is 12.7. The summed E-state index contributed by atoms with van der Waals surface area (Å²) in [4.78, 5) is 21.6. The maximum absolute atomic E-state index is 11.0. The number of ketones is 1. The molecule has 0 aromatic heterocycles. The van der Waals surface area contributed by atoms with E-state index in [-0.39, 0.29) is 18.8 Å². The maximum atomic E-state index is 11.0. The van der Waals surface area contributed by atoms with Crippen molar-refractivity contribution in [3.8, 4) is 0 Å². The highest BCUT2D eigenvalue weighted by Gasteiger charge is 2.05. The summed E-state index contributed by atoms with van der Waals surface area (Å²) in [5, 5.41) is 0. The number of unbranched alkanes of at least 4 members (excludes halogenated alkanes) is 1. The minimum atomic E-state index is -0.499. The van der Waals surface area contributed by atoms with Crippen LogP contribution in [0.25, 0.3) is 0 Å². The molecule has 0 saturated carbocycles. The van der Waals surface area contributed by atoms with Crippen LogP contribution in [0.15, 0.2) is 12.3 Å². The summed E-state index contributed by atoms with van der Waals surface area (Å²) >= 11 is 0. The van der Waals surface area contributed by atoms with Crippen molar-refractivity contribution in [2.75, 3.05) is 26.4 Å². The number of allylic oxidation sites excluding steroid dienone is 1. The van der Waals surface area contributed by atoms with Gasteiger partial charge in [0.25, 0.3) is 0 Å². The smallest absolute Gasteiger partial charge is 0.313 e. The van der Waals surface area contributed by atoms with Gasteiger partial charge < -0.3 is 14.2 Å². The zero-order chi connectivity index (χ0) is 13.8. The van der Waals surface area contributed by atoms with Crippen molar-refractivity contribution < 1.29 is 23.8 Å². The molecule has 0 radical (unpaired) electrons. The predicted octanol–water partition coefficient (Wildman–Crippen LogP) is 1.86. The molecule has 0 bridgehead atoms. The number of carbonyl (C=O) groups excluding carboxylic acids is 2. The molecule has 0 unspecified atom stereocenters. The van der Waals surface area contributed by atoms with E-state index in [4.69, 9.17) is 14.2 Å². The van der Waals surface area contributed by atoms with E-state index in [0.717, 1.165) is 12.8 Å². The SMILES string of the molecule is C=C(C)OCCCCOCCOC(=O)CC(C)=O. The third-order valence-corrected chi connectivity index (χ3v) is 1.92. The number of ether oxygens (including phenoxy) is 3. The van der Waals surface area contributed by atoms with Gasteiger partial charge in [-0.1, -0.05) is 6.58 Å². The van der Waals surface area contributed by atoms with Gasteiger partial charge in [0.15, 0.2) is 0 Å². The van der Waals surface area contributed by atoms with Gasteiger partial charge in [-0.2, -0.15) is 0 Å². The fraction of sp³-hybridized carbons (Fsp3) is 0.692. The molecule has 0 aromatic rings. The Hall–Kier alpha value is -1.36. The molecule has 0 aliphatic heterocycles. The van der Waals surface area contributed by atoms with Crippen molar-refractivity contribution in [1.82, 2.24) is 0 Å². The second kappa shape index (κ2) is 10.8. The lowest BCUT2D eigenvalue weighted by atomic mass is 10.3. The molecule has 0 aromatic carbocycles. The summed E-state index contributed by atoms with van der Waals surface area (Å²) in [6, 6.07) is 0. The van der Waals surface area contributed by atoms with Crippen LogP contribution in [0.1, 0.15) is 33.1 Å². The van der Waals surface area contributed by atoms with Gasteiger partial charge in [0.05, 0.1) is 19.0 Å². The van der Waals surface area contributed by atoms with Crippen molar-refractivity contribution >= 4 is 11.8 Å². The van der Waals surface area contributed by atoms with E-state index >= 15 is 0 Å². The topological polar surface area (TPSA) is 61.8 Å². The molecule has 0 spiro atoms. The van der Waals surface area contributed by atoms with E-state index in [2.05, 4.69) is 6.58 Å². The summed E-state index contributed by atoms with van der Waals surface area (Å²) in [6.07, 6.45) is 1.61. The lowest BCUT2D eigenvalue weighted by molar-refractivity contribution is -0.147. The van der Waals surface area contributed by atoms with Gasteiger partial charge >= 0.3 is 5.97 Å². The average molecular weight is 258 g/mol. The second-order valence-electron chi connectivity index (χ2n) is 3.97. The molecular formula is C13H22O5. The van der Waals surface area contributed by atoms with Crippen molar-refractivity contribution in [1.29, 1.82) is 0 Å². The molecule has 0 atom stereocenters. The van der Waals surface area contributed by atoms with E-state index in [0.29, 0.717) is 25.6 Å². The molecule has 0 heterocycles. The monoisotopic (exact) mass is 258 g/mol. The van der Waals surface area contributed by atoms with Crippen LogP contribution in [0.3, 0.4) is 0 Å². The quantitative estimate of drug-likeness (QED) is 0.245. The lowest BCUT2D eigenvalue weighted by Gasteiger charge is -2.06. The van der Waals surface area contributed by atoms with Crippen LogP contribution in [0.4, 0.5) is 0 Å². The summed E-state index contributed by atoms with van der Waals surface area (Å²) in [7, 11) is 0. The first-order valence-corrected chi connectivity index (χ1v) is 6.03. The van der Waals surface area contributed by atoms with Crippen LogP contribution in [0.5, 0.6) is 0 Å². The fourth-order valence-electron chi connectivity index (χ4n) is 1.12. The van der Waals surface area contributed by atoms with Crippen LogP contribution >= 0.6 is 0 Å². The number of rotatable bonds is 11. The Morgan fingerprint density at radius 1 is 0.944 bits per heavy atom. The molecule has 0 saturated heterocycles. The van der Waals surface area contributed by atoms with Gasteiger partial charge in [-0.3, -0.25) is 9.59 Å². The highest BCUT2D eigenvalue weighted by molar-refractivity contribution is 5.94. The van der Waals surface area contributed by atoms with Crippen molar-refractivity contribution in [3.63, 3.8) is 0 Å². The molecule has 0 amide bonds. The minimum absolute atomic E-state index is 0.168. The van der Waals surface area contributed by atoms with Crippen molar-refractivity contribution in [2.24, 2.45) is 0 Å². The number of hydrogen-bond donors (Lipinski definition) is 0. The summed E-state index contributed by atoms with van der Waals surface area (Å²) < 4.78 is 15.2. The van der Waals surface area contributed by atoms with Gasteiger partial charge in [-0.15, -0.1) is 0 Å². The van der Waals surface area contributed by atoms with Crippen molar-refractivity contribution in [3.05, 3.63) is 12.3 Å². The summed E-state index contributed by atoms with van der Waals surface area (Å²) in [5.74, 6) is 0.0210. The van der Waals surface area contributed by atoms with E-state index in [9.17, 15) is 9.59 Å². The van der Waals surface area contributed by atoms with Crippen LogP contribution in [0, 0.1) is 0 Å². The summed E-state index contributed by atoms with van der Waals surface area (Å²) in [6.45, 7) is 8.57. The Balaban J connectivity index is 3.18. The molecule has 18 heavy (non-hydrogen) atoms. The molecular weight excluding hydrogens is 236 g/mol. The van der Waals surface area contributed by atoms with Gasteiger partial charge in [-0.25, -0.2) is 0 Å². The molecule has 0 fully saturated rings. The zero-order valence-corrected chi connectivity index (χ0v) is 11.2. The van der Waals surface area contributed by atoms with Crippen LogP contribution in [0.2, 0.25) is 0 Å². The zero-order valence-electron chi connectivity index (χ0n) is 11.2. The predicted molar refractivity (Wildman–Crippen MR) is 67.1 cm³/mol. The number of hydrogen-bond acceptors (Lipinski definition) is 5. The van der Waals surface area contributed by atoms with Gasteiger partial charge in [0, 0.05) is 6.61 Å². The Kier molecular flexibility index (Phi) is 9.96. The Bertz CT molecular complexity index is 273. The standard InChI is InChI=1S/C13H22O5/c1-11(2)17-7-5-4-6-16-8-9-18-13(15)10-12(3)14/h1,4-10H2,2-3H3. The van der Waals surface area contributed by atoms with Crippen molar-refractivity contribution in [2.45, 2.75) is 33.1 Å². The Morgan fingerprint density at radius 2 is 1.61 bits per heavy atom. The average Bonchev–Trinajstić information content (AvgIpc) is 2.25. The minimum Gasteiger partial charge on any atom is -0.499 e. The van der Waals surface area contributed by atoms with E-state index in [1.165, 1.54) is 6.92 Å². The first-order chi connectivity index (χ1) is 8.52. The normalized spacial score (nSPS) is 9.89. The van der Waals surface area contributed by atoms with E-state index < -0.39 is 5.97 Å². The number of Topliss-reactive ketones (excluding diaryl/α,β-unsaturated/α-hetero) is 1. The molecule has 0 rings (SSSR count). The van der Waals surface area contributed by atoms with Crippen LogP contribution < -0.4 is 0 Å². The Morgan fingerprint density at radius 3 is 2.22 bits per heavy atom. The maximum Gasteiger partial charge on any atom is 0.313 e. The molecule has 0 N–H and O–H groups in total. The van der Waals surface area contributed by atoms with E-state index in [1.54, 1.807) is 0 Å². The summed E-state index contributed by atoms with van der Waals surface area (Å²) in [5.41, 5.74) is 0. The Labute approximate surface area is 108 Å². The van der Waals surface area contributed by atoms with E-state index in [1.807, 2.05) is 6.92 Å². The largest absolute Gasteiger partial charge is 0.499 e. The molecule has 0 aliphatic rings. The highest BCUT2D eigenvalue weighted by Crippen LogP contribution is 1.96. The lowest BCUT2D eigenvalue weighted by Crippen LogP contribution is -2.13. The number of carbonyl (C=O) groups is 2. The fourth-order valence-corrected chi connectivity index (χ4v) is 1.12. The van der Waals surface area contributed by atoms with Crippen LogP contribution in [-0.2, 0) is 23.8 Å². The highest BCUT2D eigenvalue weighted by atomic mass is 16.6. The van der Waals surface area contributed by atoms with Gasteiger partial charge in [-0.05, 0) is 26.7 Å². The second-order valence-corrected chi connectivity index (χ2v) is 3.97. The third-order valence-electron chi connectivity index (χ3n) is 1.92.